The Balaban J connectivity index is 1.26. The molecule has 27 heavy (non-hydrogen) atoms. The van der Waals surface area contributed by atoms with Gasteiger partial charge in [-0.2, -0.15) is 4.98 Å². The summed E-state index contributed by atoms with van der Waals surface area (Å²) in [6.45, 7) is 1.36. The van der Waals surface area contributed by atoms with Crippen LogP contribution in [0.1, 0.15) is 23.6 Å². The summed E-state index contributed by atoms with van der Waals surface area (Å²) < 4.78 is 10.5. The van der Waals surface area contributed by atoms with E-state index in [1.807, 2.05) is 17.0 Å². The van der Waals surface area contributed by atoms with Crippen LogP contribution in [0.4, 0.5) is 0 Å². The molecule has 1 aromatic carbocycles. The van der Waals surface area contributed by atoms with Gasteiger partial charge in [-0.15, -0.1) is 0 Å². The summed E-state index contributed by atoms with van der Waals surface area (Å²) in [5, 5.41) is 5.10. The largest absolute Gasteiger partial charge is 0.461 e. The summed E-state index contributed by atoms with van der Waals surface area (Å²) in [7, 11) is 0. The second-order valence-electron chi connectivity index (χ2n) is 6.68. The van der Waals surface area contributed by atoms with Crippen molar-refractivity contribution < 1.29 is 13.7 Å². The molecule has 0 radical (unpaired) electrons. The first-order valence-electron chi connectivity index (χ1n) is 9.00. The average molecular weight is 362 g/mol. The quantitative estimate of drug-likeness (QED) is 0.602. The number of fused-ring (bicyclic) bond motifs is 3. The third kappa shape index (κ3) is 2.91. The topological polar surface area (TPSA) is 88.2 Å². The Morgan fingerprint density at radius 2 is 2.15 bits per heavy atom. The smallest absolute Gasteiger partial charge is 0.238 e. The lowest BCUT2D eigenvalue weighted by molar-refractivity contribution is -0.132. The molecule has 1 N–H and O–H groups in total. The maximum absolute atomic E-state index is 12.7. The number of carbonyl (C=O) groups is 1. The number of rotatable bonds is 4. The van der Waals surface area contributed by atoms with Crippen LogP contribution in [0.2, 0.25) is 0 Å². The zero-order chi connectivity index (χ0) is 18.2. The van der Waals surface area contributed by atoms with Crippen LogP contribution in [-0.4, -0.2) is 32.5 Å². The van der Waals surface area contributed by atoms with Crippen LogP contribution in [0.15, 0.2) is 51.6 Å². The van der Waals surface area contributed by atoms with Crippen LogP contribution < -0.4 is 0 Å². The summed E-state index contributed by atoms with van der Waals surface area (Å²) in [5.41, 5.74) is 3.59. The van der Waals surface area contributed by atoms with E-state index in [4.69, 9.17) is 8.94 Å². The van der Waals surface area contributed by atoms with Crippen molar-refractivity contribution in [2.24, 2.45) is 0 Å². The Morgan fingerprint density at radius 1 is 1.22 bits per heavy atom. The van der Waals surface area contributed by atoms with E-state index < -0.39 is 0 Å². The third-order valence-corrected chi connectivity index (χ3v) is 5.00. The van der Waals surface area contributed by atoms with Gasteiger partial charge in [0.15, 0.2) is 5.76 Å². The Kier molecular flexibility index (Phi) is 3.78. The molecule has 0 fully saturated rings. The molecule has 7 heteroatoms. The number of amides is 1. The van der Waals surface area contributed by atoms with E-state index in [2.05, 4.69) is 27.3 Å². The first-order valence-corrected chi connectivity index (χ1v) is 9.00. The lowest BCUT2D eigenvalue weighted by Gasteiger charge is -2.27. The number of aryl methyl sites for hydroxylation is 1. The normalized spacial score (nSPS) is 13.9. The fraction of sp³-hybridized carbons (Fsp3) is 0.250. The minimum atomic E-state index is 0.101. The van der Waals surface area contributed by atoms with Crippen LogP contribution in [0.5, 0.6) is 0 Å². The molecule has 3 aromatic heterocycles. The van der Waals surface area contributed by atoms with E-state index in [9.17, 15) is 4.79 Å². The van der Waals surface area contributed by atoms with Gasteiger partial charge < -0.3 is 18.8 Å². The molecule has 1 aliphatic rings. The lowest BCUT2D eigenvalue weighted by Crippen LogP contribution is -2.35. The zero-order valence-corrected chi connectivity index (χ0v) is 14.6. The molecule has 1 aliphatic heterocycles. The molecule has 0 saturated heterocycles. The molecule has 0 unspecified atom stereocenters. The van der Waals surface area contributed by atoms with Crippen molar-refractivity contribution >= 4 is 16.8 Å². The summed E-state index contributed by atoms with van der Waals surface area (Å²) in [6, 6.07) is 11.8. The Morgan fingerprint density at radius 3 is 3.04 bits per heavy atom. The third-order valence-electron chi connectivity index (χ3n) is 5.00. The summed E-state index contributed by atoms with van der Waals surface area (Å²) >= 11 is 0. The van der Waals surface area contributed by atoms with Crippen molar-refractivity contribution in [1.29, 1.82) is 0 Å². The average Bonchev–Trinajstić information content (AvgIpc) is 3.44. The monoisotopic (exact) mass is 362 g/mol. The molecule has 1 amide bonds. The zero-order valence-electron chi connectivity index (χ0n) is 14.6. The number of H-pyrrole nitrogens is 1. The Labute approximate surface area is 155 Å². The number of para-hydroxylation sites is 1. The molecule has 5 rings (SSSR count). The number of furan rings is 1. The van der Waals surface area contributed by atoms with Crippen molar-refractivity contribution in [3.8, 4) is 11.6 Å². The van der Waals surface area contributed by atoms with E-state index in [1.54, 1.807) is 18.4 Å². The number of hydrogen-bond acceptors (Lipinski definition) is 5. The number of nitrogens with zero attached hydrogens (tertiary/aromatic N) is 3. The molecule has 136 valence electrons. The highest BCUT2D eigenvalue weighted by molar-refractivity contribution is 5.86. The highest BCUT2D eigenvalue weighted by Crippen LogP contribution is 2.28. The predicted molar refractivity (Wildman–Crippen MR) is 97.7 cm³/mol. The van der Waals surface area contributed by atoms with Gasteiger partial charge in [0.2, 0.25) is 17.6 Å². The predicted octanol–water partition coefficient (Wildman–Crippen LogP) is 3.33. The molecular weight excluding hydrogens is 344 g/mol. The van der Waals surface area contributed by atoms with Gasteiger partial charge in [-0.25, -0.2) is 0 Å². The minimum absolute atomic E-state index is 0.101. The number of carbonyl (C=O) groups excluding carboxylic acids is 1. The molecule has 0 atom stereocenters. The van der Waals surface area contributed by atoms with Gasteiger partial charge >= 0.3 is 0 Å². The van der Waals surface area contributed by atoms with Crippen molar-refractivity contribution in [2.75, 3.05) is 6.54 Å². The van der Waals surface area contributed by atoms with Crippen LogP contribution >= 0.6 is 0 Å². The molecule has 0 saturated carbocycles. The number of benzene rings is 1. The highest BCUT2D eigenvalue weighted by atomic mass is 16.5. The van der Waals surface area contributed by atoms with Gasteiger partial charge in [0.1, 0.15) is 0 Å². The summed E-state index contributed by atoms with van der Waals surface area (Å²) in [5.74, 6) is 1.51. The highest BCUT2D eigenvalue weighted by Gasteiger charge is 2.24. The van der Waals surface area contributed by atoms with Crippen molar-refractivity contribution in [1.82, 2.24) is 20.0 Å². The van der Waals surface area contributed by atoms with Gasteiger partial charge in [0.25, 0.3) is 0 Å². The second kappa shape index (κ2) is 6.42. The van der Waals surface area contributed by atoms with Gasteiger partial charge in [0.05, 0.1) is 6.26 Å². The van der Waals surface area contributed by atoms with Crippen LogP contribution in [0, 0.1) is 0 Å². The van der Waals surface area contributed by atoms with Gasteiger partial charge in [0, 0.05) is 54.5 Å². The molecule has 4 aromatic rings. The summed E-state index contributed by atoms with van der Waals surface area (Å²) in [4.78, 5) is 22.4. The lowest BCUT2D eigenvalue weighted by atomic mass is 10.0. The van der Waals surface area contributed by atoms with Gasteiger partial charge in [-0.3, -0.25) is 4.79 Å². The number of nitrogens with one attached hydrogen (secondary N) is 1. The standard InChI is InChI=1S/C20H18N4O3/c25-19(8-7-18-22-20(23-27-18)17-6-3-11-26-17)24-10-9-16-14(12-24)13-4-1-2-5-15(13)21-16/h1-6,11,21H,7-10,12H2. The number of aromatic nitrogens is 3. The Hall–Kier alpha value is -3.35. The maximum Gasteiger partial charge on any atom is 0.238 e. The van der Waals surface area contributed by atoms with E-state index in [0.717, 1.165) is 18.5 Å². The van der Waals surface area contributed by atoms with E-state index >= 15 is 0 Å². The van der Waals surface area contributed by atoms with Crippen molar-refractivity contribution in [3.05, 3.63) is 59.8 Å². The molecular formula is C20H18N4O3. The maximum atomic E-state index is 12.7. The van der Waals surface area contributed by atoms with Gasteiger partial charge in [-0.05, 0) is 18.2 Å². The summed E-state index contributed by atoms with van der Waals surface area (Å²) in [6.07, 6.45) is 3.17. The first kappa shape index (κ1) is 15.9. The molecule has 4 heterocycles. The number of aromatic amines is 1. The van der Waals surface area contributed by atoms with Crippen molar-refractivity contribution in [3.63, 3.8) is 0 Å². The minimum Gasteiger partial charge on any atom is -0.461 e. The molecule has 7 nitrogen and oxygen atoms in total. The Bertz CT molecular complexity index is 1090. The fourth-order valence-corrected chi connectivity index (χ4v) is 3.61. The SMILES string of the molecule is O=C(CCc1nc(-c2ccco2)no1)N1CCc2[nH]c3ccccc3c2C1. The van der Waals surface area contributed by atoms with E-state index in [1.165, 1.54) is 16.6 Å². The second-order valence-corrected chi connectivity index (χ2v) is 6.68. The molecule has 0 spiro atoms. The van der Waals surface area contributed by atoms with Gasteiger partial charge in [-0.1, -0.05) is 23.4 Å². The van der Waals surface area contributed by atoms with Crippen LogP contribution in [0.25, 0.3) is 22.5 Å². The molecule has 0 aliphatic carbocycles. The van der Waals surface area contributed by atoms with Crippen LogP contribution in [-0.2, 0) is 24.2 Å². The first-order chi connectivity index (χ1) is 13.3. The number of hydrogen-bond donors (Lipinski definition) is 1. The molecule has 0 bridgehead atoms. The fourth-order valence-electron chi connectivity index (χ4n) is 3.61. The van der Waals surface area contributed by atoms with Crippen LogP contribution in [0.3, 0.4) is 0 Å². The van der Waals surface area contributed by atoms with Crippen molar-refractivity contribution in [2.45, 2.75) is 25.8 Å². The van der Waals surface area contributed by atoms with E-state index in [-0.39, 0.29) is 5.91 Å². The van der Waals surface area contributed by atoms with E-state index in [0.29, 0.717) is 36.9 Å².